The van der Waals surface area contributed by atoms with Gasteiger partial charge in [0, 0.05) is 6.20 Å². The summed E-state index contributed by atoms with van der Waals surface area (Å²) in [4.78, 5) is 15.6. The van der Waals surface area contributed by atoms with E-state index in [1.165, 1.54) is 0 Å². The number of anilines is 1. The fourth-order valence-electron chi connectivity index (χ4n) is 1.37. The number of nitrogens with zero attached hydrogens (tertiary/aromatic N) is 1. The molecule has 2 heterocycles. The smallest absolute Gasteiger partial charge is 0.256 e. The van der Waals surface area contributed by atoms with Gasteiger partial charge in [-0.25, -0.2) is 4.98 Å². The third-order valence-electron chi connectivity index (χ3n) is 1.97. The van der Waals surface area contributed by atoms with E-state index in [0.29, 0.717) is 11.4 Å². The first-order valence-electron chi connectivity index (χ1n) is 4.21. The molecule has 13 heavy (non-hydrogen) atoms. The normalized spacial score (nSPS) is 20.1. The maximum Gasteiger partial charge on any atom is 0.256 e. The van der Waals surface area contributed by atoms with E-state index in [1.807, 2.05) is 20.8 Å². The maximum atomic E-state index is 11.5. The maximum absolute atomic E-state index is 11.5. The Morgan fingerprint density at radius 1 is 1.54 bits per heavy atom. The van der Waals surface area contributed by atoms with Crippen molar-refractivity contribution in [3.05, 3.63) is 23.4 Å². The Morgan fingerprint density at radius 3 is 3.08 bits per heavy atom. The molecule has 0 spiro atoms. The minimum atomic E-state index is -0.0579. The number of carbonyl (C=O) groups is 1. The van der Waals surface area contributed by atoms with Gasteiger partial charge in [0.2, 0.25) is 0 Å². The average Bonchev–Trinajstić information content (AvgIpc) is 2.06. The highest BCUT2D eigenvalue weighted by Crippen LogP contribution is 2.17. The zero-order valence-electron chi connectivity index (χ0n) is 7.59. The highest BCUT2D eigenvalue weighted by atomic mass is 16.2. The molecule has 1 unspecified atom stereocenters. The van der Waals surface area contributed by atoms with Crippen molar-refractivity contribution in [2.75, 3.05) is 5.32 Å². The number of hydrogen-bond donors (Lipinski definition) is 2. The van der Waals surface area contributed by atoms with Crippen molar-refractivity contribution in [2.24, 2.45) is 0 Å². The zero-order chi connectivity index (χ0) is 9.42. The molecule has 4 nitrogen and oxygen atoms in total. The van der Waals surface area contributed by atoms with Crippen LogP contribution in [0.4, 0.5) is 5.82 Å². The second kappa shape index (κ2) is 2.76. The second-order valence-corrected chi connectivity index (χ2v) is 3.25. The molecule has 1 aliphatic rings. The van der Waals surface area contributed by atoms with E-state index in [9.17, 15) is 4.79 Å². The van der Waals surface area contributed by atoms with Crippen molar-refractivity contribution >= 4 is 19.6 Å². The van der Waals surface area contributed by atoms with Gasteiger partial charge < -0.3 is 10.6 Å². The van der Waals surface area contributed by atoms with Crippen molar-refractivity contribution in [3.8, 4) is 0 Å². The number of pyridine rings is 1. The first-order valence-corrected chi connectivity index (χ1v) is 4.21. The van der Waals surface area contributed by atoms with Crippen LogP contribution in [0.5, 0.6) is 0 Å². The minimum absolute atomic E-state index is 0.0461. The van der Waals surface area contributed by atoms with Gasteiger partial charge in [-0.3, -0.25) is 4.79 Å². The van der Waals surface area contributed by atoms with Gasteiger partial charge in [0.05, 0.1) is 11.6 Å². The van der Waals surface area contributed by atoms with Gasteiger partial charge in [-0.15, -0.1) is 0 Å². The van der Waals surface area contributed by atoms with Crippen LogP contribution in [-0.2, 0) is 0 Å². The van der Waals surface area contributed by atoms with Crippen LogP contribution in [0.2, 0.25) is 0 Å². The van der Waals surface area contributed by atoms with Crippen molar-refractivity contribution in [1.29, 1.82) is 0 Å². The molecule has 5 heteroatoms. The average molecular weight is 175 g/mol. The molecule has 1 aromatic rings. The van der Waals surface area contributed by atoms with Crippen LogP contribution in [0.25, 0.3) is 0 Å². The molecule has 2 rings (SSSR count). The lowest BCUT2D eigenvalue weighted by Crippen LogP contribution is -2.45. The number of nitrogens with one attached hydrogen (secondary N) is 2. The van der Waals surface area contributed by atoms with E-state index in [1.54, 1.807) is 6.20 Å². The number of aromatic nitrogens is 1. The summed E-state index contributed by atoms with van der Waals surface area (Å²) >= 11 is 0. The number of aryl methyl sites for hydroxylation is 1. The molecule has 0 saturated heterocycles. The van der Waals surface area contributed by atoms with Crippen molar-refractivity contribution < 1.29 is 4.79 Å². The predicted octanol–water partition coefficient (Wildman–Crippen LogP) is -0.538. The van der Waals surface area contributed by atoms with Crippen molar-refractivity contribution in [1.82, 2.24) is 10.3 Å². The Balaban J connectivity index is 2.49. The van der Waals surface area contributed by atoms with Crippen molar-refractivity contribution in [2.45, 2.75) is 13.0 Å². The molecular formula is C8H10BN3O. The standard InChI is InChI=1S/C8H10BN3O/c1-4-2-5-6(10-3-4)11-8(9)12-7(5)13/h2-3,8H,9H2,1H3,(H,10,11)(H,12,13). The fraction of sp³-hybridized carbons (Fsp3) is 0.250. The first kappa shape index (κ1) is 8.10. The van der Waals surface area contributed by atoms with Crippen LogP contribution in [-0.4, -0.2) is 24.8 Å². The largest absolute Gasteiger partial charge is 0.358 e. The summed E-state index contributed by atoms with van der Waals surface area (Å²) in [7, 11) is 1.88. The molecule has 0 bridgehead atoms. The van der Waals surface area contributed by atoms with E-state index < -0.39 is 0 Å². The second-order valence-electron chi connectivity index (χ2n) is 3.25. The highest BCUT2D eigenvalue weighted by Gasteiger charge is 2.21. The van der Waals surface area contributed by atoms with Crippen LogP contribution in [0.1, 0.15) is 15.9 Å². The quantitative estimate of drug-likeness (QED) is 0.520. The Bertz CT molecular complexity index is 366. The molecule has 0 radical (unpaired) electrons. The molecule has 0 aromatic carbocycles. The summed E-state index contributed by atoms with van der Waals surface area (Å²) in [6, 6.07) is 1.78. The Hall–Kier alpha value is -1.52. The summed E-state index contributed by atoms with van der Waals surface area (Å²) in [6.07, 6.45) is 1.75. The Labute approximate surface area is 77.2 Å². The van der Waals surface area contributed by atoms with E-state index in [-0.39, 0.29) is 12.0 Å². The lowest BCUT2D eigenvalue weighted by molar-refractivity contribution is 0.0947. The summed E-state index contributed by atoms with van der Waals surface area (Å²) in [5.41, 5.74) is 1.61. The highest BCUT2D eigenvalue weighted by molar-refractivity contribution is 6.17. The van der Waals surface area contributed by atoms with Crippen LogP contribution in [0.15, 0.2) is 12.3 Å². The molecule has 0 saturated carbocycles. The summed E-state index contributed by atoms with van der Waals surface area (Å²) in [6.45, 7) is 1.92. The molecule has 66 valence electrons. The van der Waals surface area contributed by atoms with Crippen LogP contribution in [0, 0.1) is 6.92 Å². The number of hydrogen-bond acceptors (Lipinski definition) is 3. The van der Waals surface area contributed by atoms with Gasteiger partial charge in [-0.2, -0.15) is 0 Å². The number of rotatable bonds is 0. The number of amides is 1. The van der Waals surface area contributed by atoms with E-state index >= 15 is 0 Å². The van der Waals surface area contributed by atoms with E-state index in [2.05, 4.69) is 15.6 Å². The minimum Gasteiger partial charge on any atom is -0.358 e. The Kier molecular flexibility index (Phi) is 1.72. The third-order valence-corrected chi connectivity index (χ3v) is 1.97. The van der Waals surface area contributed by atoms with Crippen LogP contribution < -0.4 is 10.6 Å². The zero-order valence-corrected chi connectivity index (χ0v) is 7.59. The Morgan fingerprint density at radius 2 is 2.31 bits per heavy atom. The topological polar surface area (TPSA) is 54.0 Å². The van der Waals surface area contributed by atoms with Gasteiger partial charge in [0.1, 0.15) is 5.82 Å². The first-order chi connectivity index (χ1) is 6.16. The van der Waals surface area contributed by atoms with Crippen LogP contribution >= 0.6 is 0 Å². The summed E-state index contributed by atoms with van der Waals surface area (Å²) < 4.78 is 0. The molecule has 2 N–H and O–H groups in total. The lowest BCUT2D eigenvalue weighted by Gasteiger charge is -2.24. The molecule has 0 aliphatic carbocycles. The van der Waals surface area contributed by atoms with Gasteiger partial charge in [0.15, 0.2) is 7.85 Å². The van der Waals surface area contributed by atoms with Gasteiger partial charge in [0.25, 0.3) is 5.91 Å². The fourth-order valence-corrected chi connectivity index (χ4v) is 1.37. The predicted molar refractivity (Wildman–Crippen MR) is 52.4 cm³/mol. The monoisotopic (exact) mass is 175 g/mol. The molecular weight excluding hydrogens is 165 g/mol. The van der Waals surface area contributed by atoms with E-state index in [0.717, 1.165) is 5.56 Å². The molecule has 0 fully saturated rings. The molecule has 1 aliphatic heterocycles. The summed E-state index contributed by atoms with van der Waals surface area (Å²) in [5, 5.41) is 5.85. The molecule has 1 atom stereocenters. The van der Waals surface area contributed by atoms with Gasteiger partial charge >= 0.3 is 0 Å². The van der Waals surface area contributed by atoms with Gasteiger partial charge in [-0.05, 0) is 18.6 Å². The van der Waals surface area contributed by atoms with E-state index in [4.69, 9.17) is 0 Å². The number of carbonyl (C=O) groups excluding carboxylic acids is 1. The van der Waals surface area contributed by atoms with Crippen molar-refractivity contribution in [3.63, 3.8) is 0 Å². The SMILES string of the molecule is BC1NC(=O)c2cc(C)cnc2N1. The third kappa shape index (κ3) is 1.37. The number of fused-ring (bicyclic) bond motifs is 1. The molecule has 1 aromatic heterocycles. The van der Waals surface area contributed by atoms with Gasteiger partial charge in [-0.1, -0.05) is 0 Å². The molecule has 1 amide bonds. The lowest BCUT2D eigenvalue weighted by atomic mass is 10.0. The summed E-state index contributed by atoms with van der Waals surface area (Å²) in [5.74, 6) is 0.610. The van der Waals surface area contributed by atoms with Crippen LogP contribution in [0.3, 0.4) is 0 Å².